The molecule has 1 fully saturated rings. The minimum absolute atomic E-state index is 0.105. The van der Waals surface area contributed by atoms with Crippen LogP contribution in [0, 0.1) is 25.2 Å². The van der Waals surface area contributed by atoms with Gasteiger partial charge in [-0.1, -0.05) is 27.7 Å². The van der Waals surface area contributed by atoms with E-state index in [1.54, 1.807) is 0 Å². The van der Waals surface area contributed by atoms with Crippen molar-refractivity contribution in [1.29, 1.82) is 0 Å². The summed E-state index contributed by atoms with van der Waals surface area (Å²) in [4.78, 5) is 6.24. The van der Waals surface area contributed by atoms with E-state index in [1.165, 1.54) is 34.8 Å². The van der Waals surface area contributed by atoms with E-state index in [4.69, 9.17) is 4.98 Å². The van der Waals surface area contributed by atoms with Crippen molar-refractivity contribution in [2.75, 3.05) is 6.54 Å². The van der Waals surface area contributed by atoms with Crippen LogP contribution < -0.4 is 5.32 Å². The van der Waals surface area contributed by atoms with E-state index < -0.39 is 0 Å². The fourth-order valence-corrected chi connectivity index (χ4v) is 4.75. The van der Waals surface area contributed by atoms with Gasteiger partial charge in [0.05, 0.1) is 11.2 Å². The van der Waals surface area contributed by atoms with Crippen LogP contribution in [0.1, 0.15) is 62.5 Å². The molecule has 0 spiro atoms. The van der Waals surface area contributed by atoms with Crippen LogP contribution in [0.2, 0.25) is 0 Å². The molecular formula is C16H28N2S. The number of hydrogen-bond acceptors (Lipinski definition) is 3. The Labute approximate surface area is 122 Å². The van der Waals surface area contributed by atoms with Crippen LogP contribution >= 0.6 is 11.3 Å². The fraction of sp³-hybridized carbons (Fsp3) is 0.812. The van der Waals surface area contributed by atoms with E-state index in [-0.39, 0.29) is 5.54 Å². The average molecular weight is 280 g/mol. The first-order chi connectivity index (χ1) is 8.81. The monoisotopic (exact) mass is 280 g/mol. The average Bonchev–Trinajstić information content (AvgIpc) is 2.63. The first-order valence-electron chi connectivity index (χ1n) is 7.50. The van der Waals surface area contributed by atoms with Gasteiger partial charge in [-0.05, 0) is 51.0 Å². The lowest BCUT2D eigenvalue weighted by atomic mass is 9.64. The van der Waals surface area contributed by atoms with Crippen molar-refractivity contribution in [2.45, 2.75) is 66.3 Å². The maximum atomic E-state index is 4.88. The van der Waals surface area contributed by atoms with E-state index in [1.807, 2.05) is 11.3 Å². The highest BCUT2D eigenvalue weighted by Gasteiger charge is 2.46. The molecular weight excluding hydrogens is 252 g/mol. The Hall–Kier alpha value is -0.410. The van der Waals surface area contributed by atoms with Crippen LogP contribution in [0.3, 0.4) is 0 Å². The molecule has 3 heteroatoms. The van der Waals surface area contributed by atoms with Gasteiger partial charge in [-0.3, -0.25) is 0 Å². The molecule has 1 aromatic rings. The van der Waals surface area contributed by atoms with Gasteiger partial charge in [0.1, 0.15) is 5.01 Å². The summed E-state index contributed by atoms with van der Waals surface area (Å²) in [7, 11) is 0. The molecule has 0 amide bonds. The summed E-state index contributed by atoms with van der Waals surface area (Å²) < 4.78 is 0. The Bertz CT molecular complexity index is 430. The molecule has 2 nitrogen and oxygen atoms in total. The molecule has 0 bridgehead atoms. The summed E-state index contributed by atoms with van der Waals surface area (Å²) in [6.07, 6.45) is 3.76. The smallest absolute Gasteiger partial charge is 0.114 e. The molecule has 0 aliphatic heterocycles. The van der Waals surface area contributed by atoms with Crippen molar-refractivity contribution < 1.29 is 0 Å². The first-order valence-corrected chi connectivity index (χ1v) is 8.32. The fourth-order valence-electron chi connectivity index (χ4n) is 3.52. The predicted molar refractivity (Wildman–Crippen MR) is 83.7 cm³/mol. The maximum Gasteiger partial charge on any atom is 0.114 e. The van der Waals surface area contributed by atoms with Crippen molar-refractivity contribution >= 4 is 11.3 Å². The molecule has 1 heterocycles. The molecule has 0 radical (unpaired) electrons. The summed E-state index contributed by atoms with van der Waals surface area (Å²) in [6.45, 7) is 14.7. The third-order valence-corrected chi connectivity index (χ3v) is 6.05. The second kappa shape index (κ2) is 5.17. The number of aryl methyl sites for hydroxylation is 2. The van der Waals surface area contributed by atoms with E-state index >= 15 is 0 Å². The lowest BCUT2D eigenvalue weighted by Gasteiger charge is -2.48. The van der Waals surface area contributed by atoms with E-state index in [2.05, 4.69) is 46.9 Å². The third kappa shape index (κ3) is 2.73. The number of thiazole rings is 1. The van der Waals surface area contributed by atoms with Gasteiger partial charge in [0, 0.05) is 4.88 Å². The molecule has 1 N–H and O–H groups in total. The van der Waals surface area contributed by atoms with Gasteiger partial charge in [-0.2, -0.15) is 0 Å². The van der Waals surface area contributed by atoms with Crippen molar-refractivity contribution in [3.63, 3.8) is 0 Å². The standard InChI is InChI=1S/C16H28N2S/c1-7-17-16(14-18-12(3)13(4)19-14)9-8-15(5,6)10-11(16)2/h11,17H,7-10H2,1-6H3. The van der Waals surface area contributed by atoms with Crippen LogP contribution in [0.4, 0.5) is 0 Å². The number of hydrogen-bond donors (Lipinski definition) is 1. The summed E-state index contributed by atoms with van der Waals surface area (Å²) >= 11 is 1.89. The van der Waals surface area contributed by atoms with Gasteiger partial charge < -0.3 is 5.32 Å². The zero-order chi connectivity index (χ0) is 14.3. The number of rotatable bonds is 3. The van der Waals surface area contributed by atoms with Crippen molar-refractivity contribution in [3.8, 4) is 0 Å². The van der Waals surface area contributed by atoms with Gasteiger partial charge >= 0.3 is 0 Å². The molecule has 2 atom stereocenters. The lowest BCUT2D eigenvalue weighted by Crippen LogP contribution is -2.52. The quantitative estimate of drug-likeness (QED) is 0.887. The van der Waals surface area contributed by atoms with Gasteiger partial charge in [-0.15, -0.1) is 11.3 Å². The summed E-state index contributed by atoms with van der Waals surface area (Å²) in [6, 6.07) is 0. The Morgan fingerprint density at radius 2 is 2.00 bits per heavy atom. The van der Waals surface area contributed by atoms with Gasteiger partial charge in [0.15, 0.2) is 0 Å². The second-order valence-electron chi connectivity index (χ2n) is 6.93. The number of nitrogens with zero attached hydrogens (tertiary/aromatic N) is 1. The SMILES string of the molecule is CCNC1(c2nc(C)c(C)s2)CCC(C)(C)CC1C. The first kappa shape index (κ1) is 15.0. The predicted octanol–water partition coefficient (Wildman–Crippen LogP) is 4.41. The van der Waals surface area contributed by atoms with Crippen LogP contribution in [0.5, 0.6) is 0 Å². The Morgan fingerprint density at radius 1 is 1.32 bits per heavy atom. The Balaban J connectivity index is 2.38. The largest absolute Gasteiger partial charge is 0.305 e. The Morgan fingerprint density at radius 3 is 2.47 bits per heavy atom. The van der Waals surface area contributed by atoms with E-state index in [0.717, 1.165) is 6.54 Å². The molecule has 1 aliphatic rings. The number of nitrogens with one attached hydrogen (secondary N) is 1. The minimum Gasteiger partial charge on any atom is -0.305 e. The van der Waals surface area contributed by atoms with E-state index in [0.29, 0.717) is 11.3 Å². The third-order valence-electron chi connectivity index (χ3n) is 4.80. The van der Waals surface area contributed by atoms with Crippen molar-refractivity contribution in [3.05, 3.63) is 15.6 Å². The minimum atomic E-state index is 0.105. The molecule has 0 aromatic carbocycles. The molecule has 1 aromatic heterocycles. The highest BCUT2D eigenvalue weighted by atomic mass is 32.1. The second-order valence-corrected chi connectivity index (χ2v) is 8.13. The summed E-state index contributed by atoms with van der Waals surface area (Å²) in [5.41, 5.74) is 1.78. The maximum absolute atomic E-state index is 4.88. The molecule has 2 rings (SSSR count). The molecule has 108 valence electrons. The topological polar surface area (TPSA) is 24.9 Å². The molecule has 0 saturated heterocycles. The van der Waals surface area contributed by atoms with Crippen molar-refractivity contribution in [2.24, 2.45) is 11.3 Å². The number of aromatic nitrogens is 1. The molecule has 1 saturated carbocycles. The summed E-state index contributed by atoms with van der Waals surface area (Å²) in [5, 5.41) is 5.10. The summed E-state index contributed by atoms with van der Waals surface area (Å²) in [5.74, 6) is 0.640. The van der Waals surface area contributed by atoms with Gasteiger partial charge in [0.2, 0.25) is 0 Å². The van der Waals surface area contributed by atoms with Crippen molar-refractivity contribution in [1.82, 2.24) is 10.3 Å². The van der Waals surface area contributed by atoms with Crippen LogP contribution in [-0.4, -0.2) is 11.5 Å². The molecule has 19 heavy (non-hydrogen) atoms. The van der Waals surface area contributed by atoms with Gasteiger partial charge in [0.25, 0.3) is 0 Å². The molecule has 2 unspecified atom stereocenters. The highest BCUT2D eigenvalue weighted by molar-refractivity contribution is 7.11. The zero-order valence-corrected chi connectivity index (χ0v) is 14.1. The van der Waals surface area contributed by atoms with Crippen LogP contribution in [0.15, 0.2) is 0 Å². The molecule has 1 aliphatic carbocycles. The van der Waals surface area contributed by atoms with E-state index in [9.17, 15) is 0 Å². The van der Waals surface area contributed by atoms with Gasteiger partial charge in [-0.25, -0.2) is 4.98 Å². The normalized spacial score (nSPS) is 30.5. The van der Waals surface area contributed by atoms with Crippen LogP contribution in [0.25, 0.3) is 0 Å². The van der Waals surface area contributed by atoms with Crippen LogP contribution in [-0.2, 0) is 5.54 Å². The lowest BCUT2D eigenvalue weighted by molar-refractivity contribution is 0.0728. The zero-order valence-electron chi connectivity index (χ0n) is 13.3. The Kier molecular flexibility index (Phi) is 4.08. The highest BCUT2D eigenvalue weighted by Crippen LogP contribution is 2.49.